The molecular formula is C12H20N4. The molecule has 1 saturated heterocycles. The Kier molecular flexibility index (Phi) is 3.39. The van der Waals surface area contributed by atoms with Crippen LogP contribution in [0.2, 0.25) is 0 Å². The Labute approximate surface area is 97.1 Å². The molecule has 1 aliphatic heterocycles. The van der Waals surface area contributed by atoms with Crippen LogP contribution < -0.4 is 10.2 Å². The van der Waals surface area contributed by atoms with Gasteiger partial charge in [-0.15, -0.1) is 0 Å². The van der Waals surface area contributed by atoms with E-state index in [2.05, 4.69) is 41.0 Å². The Hall–Kier alpha value is -1.16. The Morgan fingerprint density at radius 3 is 2.19 bits per heavy atom. The molecule has 0 radical (unpaired) electrons. The summed E-state index contributed by atoms with van der Waals surface area (Å²) in [6.45, 7) is 10.4. The van der Waals surface area contributed by atoms with Gasteiger partial charge in [-0.1, -0.05) is 6.92 Å². The molecule has 4 nitrogen and oxygen atoms in total. The zero-order chi connectivity index (χ0) is 11.5. The number of rotatable bonds is 2. The lowest BCUT2D eigenvalue weighted by atomic mass is 10.1. The first-order valence-electron chi connectivity index (χ1n) is 6.02. The summed E-state index contributed by atoms with van der Waals surface area (Å²) in [4.78, 5) is 11.5. The number of nitrogens with zero attached hydrogens (tertiary/aromatic N) is 3. The molecule has 1 aromatic rings. The minimum atomic E-state index is 0.897. The van der Waals surface area contributed by atoms with Gasteiger partial charge in [0.1, 0.15) is 0 Å². The van der Waals surface area contributed by atoms with E-state index in [-0.39, 0.29) is 0 Å². The van der Waals surface area contributed by atoms with Gasteiger partial charge in [-0.25, -0.2) is 9.97 Å². The average Bonchev–Trinajstić information content (AvgIpc) is 2.30. The summed E-state index contributed by atoms with van der Waals surface area (Å²) in [5, 5.41) is 3.34. The molecule has 16 heavy (non-hydrogen) atoms. The third kappa shape index (κ3) is 2.16. The average molecular weight is 220 g/mol. The molecule has 2 heterocycles. The van der Waals surface area contributed by atoms with Crippen LogP contribution in [0.25, 0.3) is 0 Å². The van der Waals surface area contributed by atoms with E-state index >= 15 is 0 Å². The molecule has 0 spiro atoms. The monoisotopic (exact) mass is 220 g/mol. The van der Waals surface area contributed by atoms with Crippen molar-refractivity contribution in [2.75, 3.05) is 31.1 Å². The fraction of sp³-hybridized carbons (Fsp3) is 0.667. The molecule has 0 amide bonds. The predicted molar refractivity (Wildman–Crippen MR) is 66.0 cm³/mol. The molecule has 0 atom stereocenters. The molecule has 1 N–H and O–H groups in total. The molecule has 1 aromatic heterocycles. The molecule has 0 unspecified atom stereocenters. The molecule has 0 bridgehead atoms. The van der Waals surface area contributed by atoms with E-state index in [1.807, 2.05) is 0 Å². The van der Waals surface area contributed by atoms with Crippen LogP contribution in [0.4, 0.5) is 5.95 Å². The van der Waals surface area contributed by atoms with Crippen molar-refractivity contribution in [3.05, 3.63) is 17.0 Å². The Balaban J connectivity index is 2.28. The molecule has 1 fully saturated rings. The van der Waals surface area contributed by atoms with Crippen LogP contribution in [0.15, 0.2) is 0 Å². The molecule has 2 rings (SSSR count). The first-order chi connectivity index (χ1) is 7.72. The lowest BCUT2D eigenvalue weighted by Gasteiger charge is -2.28. The Morgan fingerprint density at radius 2 is 1.69 bits per heavy atom. The summed E-state index contributed by atoms with van der Waals surface area (Å²) in [6.07, 6.45) is 1.01. The van der Waals surface area contributed by atoms with Crippen LogP contribution in [0.5, 0.6) is 0 Å². The number of anilines is 1. The first kappa shape index (κ1) is 11.3. The van der Waals surface area contributed by atoms with E-state index in [0.29, 0.717) is 0 Å². The van der Waals surface area contributed by atoms with Crippen molar-refractivity contribution in [1.29, 1.82) is 0 Å². The number of aryl methyl sites for hydroxylation is 2. The van der Waals surface area contributed by atoms with Gasteiger partial charge in [-0.3, -0.25) is 0 Å². The third-order valence-electron chi connectivity index (χ3n) is 3.16. The van der Waals surface area contributed by atoms with Crippen LogP contribution in [0.1, 0.15) is 23.9 Å². The normalized spacial score (nSPS) is 16.6. The molecule has 88 valence electrons. The quantitative estimate of drug-likeness (QED) is 0.809. The second-order valence-electron chi connectivity index (χ2n) is 4.26. The minimum absolute atomic E-state index is 0.897. The predicted octanol–water partition coefficient (Wildman–Crippen LogP) is 1.07. The molecule has 4 heteroatoms. The molecular weight excluding hydrogens is 200 g/mol. The number of aromatic nitrogens is 2. The maximum atomic E-state index is 4.62. The van der Waals surface area contributed by atoms with E-state index in [4.69, 9.17) is 0 Å². The largest absolute Gasteiger partial charge is 0.338 e. The van der Waals surface area contributed by atoms with Gasteiger partial charge in [0, 0.05) is 37.6 Å². The Bertz CT molecular complexity index is 346. The summed E-state index contributed by atoms with van der Waals surface area (Å²) < 4.78 is 0. The lowest BCUT2D eigenvalue weighted by Crippen LogP contribution is -2.44. The number of hydrogen-bond donors (Lipinski definition) is 1. The highest BCUT2D eigenvalue weighted by molar-refractivity contribution is 5.37. The van der Waals surface area contributed by atoms with Gasteiger partial charge < -0.3 is 10.2 Å². The van der Waals surface area contributed by atoms with Crippen LogP contribution >= 0.6 is 0 Å². The standard InChI is InChI=1S/C12H20N4/c1-4-11-9(2)14-12(15-10(11)3)16-7-5-13-6-8-16/h13H,4-8H2,1-3H3. The second-order valence-corrected chi connectivity index (χ2v) is 4.26. The van der Waals surface area contributed by atoms with Crippen LogP contribution in [-0.4, -0.2) is 36.1 Å². The minimum Gasteiger partial charge on any atom is -0.338 e. The van der Waals surface area contributed by atoms with Crippen molar-refractivity contribution in [1.82, 2.24) is 15.3 Å². The van der Waals surface area contributed by atoms with Gasteiger partial charge in [0.15, 0.2) is 0 Å². The van der Waals surface area contributed by atoms with Crippen molar-refractivity contribution < 1.29 is 0 Å². The maximum Gasteiger partial charge on any atom is 0.225 e. The van der Waals surface area contributed by atoms with Gasteiger partial charge in [0.25, 0.3) is 0 Å². The highest BCUT2D eigenvalue weighted by atomic mass is 15.3. The SMILES string of the molecule is CCc1c(C)nc(N2CCNCC2)nc1C. The Morgan fingerprint density at radius 1 is 1.12 bits per heavy atom. The fourth-order valence-electron chi connectivity index (χ4n) is 2.24. The molecule has 0 aliphatic carbocycles. The maximum absolute atomic E-state index is 4.62. The van der Waals surface area contributed by atoms with Crippen molar-refractivity contribution in [3.8, 4) is 0 Å². The summed E-state index contributed by atoms with van der Waals surface area (Å²) in [7, 11) is 0. The number of piperazine rings is 1. The van der Waals surface area contributed by atoms with Crippen molar-refractivity contribution >= 4 is 5.95 Å². The van der Waals surface area contributed by atoms with Gasteiger partial charge in [0.05, 0.1) is 0 Å². The van der Waals surface area contributed by atoms with Gasteiger partial charge >= 0.3 is 0 Å². The molecule has 1 aliphatic rings. The van der Waals surface area contributed by atoms with Crippen LogP contribution in [0.3, 0.4) is 0 Å². The number of hydrogen-bond acceptors (Lipinski definition) is 4. The topological polar surface area (TPSA) is 41.1 Å². The summed E-state index contributed by atoms with van der Waals surface area (Å²) in [5.74, 6) is 0.897. The van der Waals surface area contributed by atoms with Gasteiger partial charge in [0.2, 0.25) is 5.95 Å². The summed E-state index contributed by atoms with van der Waals surface area (Å²) >= 11 is 0. The van der Waals surface area contributed by atoms with E-state index in [0.717, 1.165) is 49.9 Å². The zero-order valence-corrected chi connectivity index (χ0v) is 10.4. The van der Waals surface area contributed by atoms with Crippen LogP contribution in [-0.2, 0) is 6.42 Å². The molecule has 0 aromatic carbocycles. The summed E-state index contributed by atoms with van der Waals surface area (Å²) in [6, 6.07) is 0. The number of nitrogens with one attached hydrogen (secondary N) is 1. The van der Waals surface area contributed by atoms with Crippen molar-refractivity contribution in [2.45, 2.75) is 27.2 Å². The summed E-state index contributed by atoms with van der Waals surface area (Å²) in [5.41, 5.74) is 3.55. The fourth-order valence-corrected chi connectivity index (χ4v) is 2.24. The van der Waals surface area contributed by atoms with E-state index in [9.17, 15) is 0 Å². The molecule has 0 saturated carbocycles. The van der Waals surface area contributed by atoms with E-state index in [1.54, 1.807) is 0 Å². The second kappa shape index (κ2) is 4.78. The first-order valence-corrected chi connectivity index (χ1v) is 6.02. The highest BCUT2D eigenvalue weighted by Gasteiger charge is 2.15. The van der Waals surface area contributed by atoms with Gasteiger partial charge in [-0.2, -0.15) is 0 Å². The van der Waals surface area contributed by atoms with Crippen LogP contribution in [0, 0.1) is 13.8 Å². The third-order valence-corrected chi connectivity index (χ3v) is 3.16. The van der Waals surface area contributed by atoms with Gasteiger partial charge in [-0.05, 0) is 25.8 Å². The highest BCUT2D eigenvalue weighted by Crippen LogP contribution is 2.16. The van der Waals surface area contributed by atoms with E-state index in [1.165, 1.54) is 5.56 Å². The van der Waals surface area contributed by atoms with E-state index < -0.39 is 0 Å². The van der Waals surface area contributed by atoms with Crippen molar-refractivity contribution in [2.24, 2.45) is 0 Å². The lowest BCUT2D eigenvalue weighted by molar-refractivity contribution is 0.578. The smallest absolute Gasteiger partial charge is 0.225 e. The zero-order valence-electron chi connectivity index (χ0n) is 10.4. The van der Waals surface area contributed by atoms with Crippen molar-refractivity contribution in [3.63, 3.8) is 0 Å².